The molecule has 0 bridgehead atoms. The highest BCUT2D eigenvalue weighted by molar-refractivity contribution is 6.05. The van der Waals surface area contributed by atoms with E-state index >= 15 is 0 Å². The van der Waals surface area contributed by atoms with Crippen LogP contribution < -0.4 is 9.47 Å². The highest BCUT2D eigenvalue weighted by atomic mass is 16.7. The van der Waals surface area contributed by atoms with E-state index in [1.807, 2.05) is 79.7 Å². The Kier molecular flexibility index (Phi) is 6.31. The van der Waals surface area contributed by atoms with Crippen LogP contribution in [-0.4, -0.2) is 24.6 Å². The lowest BCUT2D eigenvalue weighted by Gasteiger charge is -2.30. The number of benzene rings is 3. The summed E-state index contributed by atoms with van der Waals surface area (Å²) in [5, 5.41) is 0. The molecule has 1 saturated heterocycles. The zero-order valence-electron chi connectivity index (χ0n) is 18.7. The van der Waals surface area contributed by atoms with E-state index in [0.29, 0.717) is 42.4 Å². The maximum Gasteiger partial charge on any atom is 0.209 e. The van der Waals surface area contributed by atoms with E-state index in [1.165, 1.54) is 0 Å². The summed E-state index contributed by atoms with van der Waals surface area (Å²) in [4.78, 5) is 13.9. The fourth-order valence-corrected chi connectivity index (χ4v) is 3.80. The van der Waals surface area contributed by atoms with Gasteiger partial charge in [-0.1, -0.05) is 60.7 Å². The van der Waals surface area contributed by atoms with E-state index in [-0.39, 0.29) is 5.78 Å². The van der Waals surface area contributed by atoms with Gasteiger partial charge in [0.05, 0.1) is 18.8 Å². The van der Waals surface area contributed by atoms with Crippen LogP contribution in [0.3, 0.4) is 0 Å². The average molecular weight is 433 g/mol. The molecular formula is C27H28O5. The van der Waals surface area contributed by atoms with Crippen LogP contribution in [0.25, 0.3) is 0 Å². The summed E-state index contributed by atoms with van der Waals surface area (Å²) in [6, 6.07) is 24.7. The topological polar surface area (TPSA) is 54.0 Å². The second-order valence-corrected chi connectivity index (χ2v) is 8.35. The van der Waals surface area contributed by atoms with Gasteiger partial charge in [0.25, 0.3) is 0 Å². The van der Waals surface area contributed by atoms with Crippen LogP contribution in [0.5, 0.6) is 11.5 Å². The molecule has 3 aromatic carbocycles. The van der Waals surface area contributed by atoms with Crippen molar-refractivity contribution in [2.45, 2.75) is 38.8 Å². The standard InChI is InChI=1S/C27H28O5/c1-26(2,32-21-13-8-5-9-14-21)25(28)24-22(27(3)30-17-18-31-27)15-10-16-23(24)29-19-20-11-6-4-7-12-20/h4-16H,17-19H2,1-3H3. The van der Waals surface area contributed by atoms with Gasteiger partial charge in [-0.15, -0.1) is 0 Å². The van der Waals surface area contributed by atoms with Crippen LogP contribution in [-0.2, 0) is 21.9 Å². The Morgan fingerprint density at radius 1 is 0.906 bits per heavy atom. The zero-order chi connectivity index (χ0) is 22.6. The van der Waals surface area contributed by atoms with Crippen LogP contribution in [0.4, 0.5) is 0 Å². The lowest BCUT2D eigenvalue weighted by molar-refractivity contribution is -0.150. The summed E-state index contributed by atoms with van der Waals surface area (Å²) in [7, 11) is 0. The molecule has 1 aliphatic rings. The van der Waals surface area contributed by atoms with Crippen molar-refractivity contribution in [2.75, 3.05) is 13.2 Å². The summed E-state index contributed by atoms with van der Waals surface area (Å²) in [5.74, 6) is -0.142. The fourth-order valence-electron chi connectivity index (χ4n) is 3.80. The van der Waals surface area contributed by atoms with Crippen molar-refractivity contribution in [1.29, 1.82) is 0 Å². The van der Waals surface area contributed by atoms with E-state index in [4.69, 9.17) is 18.9 Å². The Labute approximate surface area is 188 Å². The molecule has 0 unspecified atom stereocenters. The monoisotopic (exact) mass is 432 g/mol. The van der Waals surface area contributed by atoms with Gasteiger partial charge in [0, 0.05) is 5.56 Å². The SMILES string of the molecule is CC(C)(Oc1ccccc1)C(=O)c1c(OCc2ccccc2)cccc1C1(C)OCCO1. The lowest BCUT2D eigenvalue weighted by atomic mass is 9.89. The molecule has 0 aliphatic carbocycles. The molecule has 0 aromatic heterocycles. The highest BCUT2D eigenvalue weighted by Crippen LogP contribution is 2.39. The molecule has 1 aliphatic heterocycles. The van der Waals surface area contributed by atoms with Crippen molar-refractivity contribution >= 4 is 5.78 Å². The third kappa shape index (κ3) is 4.69. The number of Topliss-reactive ketones (excluding diaryl/α,β-unsaturated/α-hetero) is 1. The van der Waals surface area contributed by atoms with Gasteiger partial charge in [0.1, 0.15) is 18.1 Å². The molecule has 1 fully saturated rings. The molecule has 5 heteroatoms. The smallest absolute Gasteiger partial charge is 0.209 e. The third-order valence-corrected chi connectivity index (χ3v) is 5.48. The Balaban J connectivity index is 1.72. The van der Waals surface area contributed by atoms with Crippen LogP contribution in [0.1, 0.15) is 42.3 Å². The van der Waals surface area contributed by atoms with Crippen LogP contribution in [0.2, 0.25) is 0 Å². The Bertz CT molecular complexity index is 1050. The Hall–Kier alpha value is -3.15. The fraction of sp³-hybridized carbons (Fsp3) is 0.296. The molecule has 1 heterocycles. The van der Waals surface area contributed by atoms with Gasteiger partial charge in [0.2, 0.25) is 5.78 Å². The maximum atomic E-state index is 13.9. The first-order chi connectivity index (χ1) is 15.4. The number of rotatable bonds is 8. The minimum absolute atomic E-state index is 0.208. The van der Waals surface area contributed by atoms with Crippen molar-refractivity contribution in [3.63, 3.8) is 0 Å². The highest BCUT2D eigenvalue weighted by Gasteiger charge is 2.42. The lowest BCUT2D eigenvalue weighted by Crippen LogP contribution is -2.40. The summed E-state index contributed by atoms with van der Waals surface area (Å²) in [6.45, 7) is 6.62. The second kappa shape index (κ2) is 9.15. The molecule has 5 nitrogen and oxygen atoms in total. The molecule has 0 saturated carbocycles. The Morgan fingerprint density at radius 2 is 1.53 bits per heavy atom. The molecule has 0 spiro atoms. The molecule has 0 amide bonds. The van der Waals surface area contributed by atoms with Gasteiger partial charge in [-0.25, -0.2) is 0 Å². The summed E-state index contributed by atoms with van der Waals surface area (Å²) in [6.07, 6.45) is 0. The van der Waals surface area contributed by atoms with Crippen LogP contribution in [0, 0.1) is 0 Å². The summed E-state index contributed by atoms with van der Waals surface area (Å²) in [5.41, 5.74) is 0.914. The van der Waals surface area contributed by atoms with Crippen LogP contribution >= 0.6 is 0 Å². The van der Waals surface area contributed by atoms with E-state index in [1.54, 1.807) is 19.9 Å². The predicted octanol–water partition coefficient (Wildman–Crippen LogP) is 5.53. The van der Waals surface area contributed by atoms with Gasteiger partial charge in [-0.3, -0.25) is 4.79 Å². The van der Waals surface area contributed by atoms with Crippen molar-refractivity contribution in [3.05, 3.63) is 95.6 Å². The minimum Gasteiger partial charge on any atom is -0.488 e. The molecule has 166 valence electrons. The van der Waals surface area contributed by atoms with Crippen molar-refractivity contribution in [2.24, 2.45) is 0 Å². The van der Waals surface area contributed by atoms with Gasteiger partial charge < -0.3 is 18.9 Å². The maximum absolute atomic E-state index is 13.9. The molecule has 32 heavy (non-hydrogen) atoms. The van der Waals surface area contributed by atoms with E-state index in [9.17, 15) is 4.79 Å². The first-order valence-corrected chi connectivity index (χ1v) is 10.8. The van der Waals surface area contributed by atoms with E-state index < -0.39 is 11.4 Å². The van der Waals surface area contributed by atoms with Gasteiger partial charge in [0.15, 0.2) is 11.4 Å². The molecule has 0 radical (unpaired) electrons. The van der Waals surface area contributed by atoms with Gasteiger partial charge >= 0.3 is 0 Å². The number of ketones is 1. The number of carbonyl (C=O) groups is 1. The second-order valence-electron chi connectivity index (χ2n) is 8.35. The molecule has 0 atom stereocenters. The van der Waals surface area contributed by atoms with Crippen molar-refractivity contribution in [1.82, 2.24) is 0 Å². The number of ether oxygens (including phenoxy) is 4. The van der Waals surface area contributed by atoms with Gasteiger partial charge in [-0.2, -0.15) is 0 Å². The molecule has 0 N–H and O–H groups in total. The first kappa shape index (κ1) is 22.1. The quantitative estimate of drug-likeness (QED) is 0.439. The molecule has 4 rings (SSSR count). The number of para-hydroxylation sites is 1. The van der Waals surface area contributed by atoms with E-state index in [0.717, 1.165) is 5.56 Å². The average Bonchev–Trinajstić information content (AvgIpc) is 3.25. The number of carbonyl (C=O) groups excluding carboxylic acids is 1. The summed E-state index contributed by atoms with van der Waals surface area (Å²) < 4.78 is 24.0. The Morgan fingerprint density at radius 3 is 2.19 bits per heavy atom. The van der Waals surface area contributed by atoms with Crippen molar-refractivity contribution in [3.8, 4) is 11.5 Å². The van der Waals surface area contributed by atoms with Gasteiger partial charge in [-0.05, 0) is 44.5 Å². The largest absolute Gasteiger partial charge is 0.488 e. The normalized spacial score (nSPS) is 15.3. The minimum atomic E-state index is -1.14. The summed E-state index contributed by atoms with van der Waals surface area (Å²) >= 11 is 0. The third-order valence-electron chi connectivity index (χ3n) is 5.48. The number of hydrogen-bond donors (Lipinski definition) is 0. The predicted molar refractivity (Wildman–Crippen MR) is 122 cm³/mol. The first-order valence-electron chi connectivity index (χ1n) is 10.8. The molecule has 3 aromatic rings. The van der Waals surface area contributed by atoms with Crippen LogP contribution in [0.15, 0.2) is 78.9 Å². The van der Waals surface area contributed by atoms with Crippen molar-refractivity contribution < 1.29 is 23.7 Å². The number of hydrogen-bond acceptors (Lipinski definition) is 5. The zero-order valence-corrected chi connectivity index (χ0v) is 18.7. The molecular weight excluding hydrogens is 404 g/mol. The van der Waals surface area contributed by atoms with E-state index in [2.05, 4.69) is 0 Å².